The summed E-state index contributed by atoms with van der Waals surface area (Å²) in [6.07, 6.45) is 78.1. The molecule has 0 saturated carbocycles. The standard InChI is InChI=1S/C65H110O6/c1-4-7-10-13-16-19-22-25-28-31-33-35-37-40-43-46-49-52-55-58-64(67)70-61-62(60-69-63(66)57-54-51-48-45-42-39-36-30-27-24-21-18-15-12-9-6-3)71-65(68)59-56-53-50-47-44-41-38-34-32-29-26-23-20-17-14-11-8-5-2/h11,14,16-17,19-20,22-23,25-26,29-30,32,34,36,38,62H,4-10,12-13,15,18,21,24,27-28,31,33,35,37,39-61H2,1-3H3/b14-11-,19-16-,20-17-,25-22-,26-23-,32-29-,36-30-,38-34-. The highest BCUT2D eigenvalue weighted by Crippen LogP contribution is 2.15. The van der Waals surface area contributed by atoms with Gasteiger partial charge in [0.15, 0.2) is 6.10 Å². The van der Waals surface area contributed by atoms with Crippen LogP contribution in [0.15, 0.2) is 97.2 Å². The van der Waals surface area contributed by atoms with Gasteiger partial charge >= 0.3 is 17.9 Å². The molecule has 0 saturated heterocycles. The number of allylic oxidation sites excluding steroid dienone is 16. The van der Waals surface area contributed by atoms with Crippen molar-refractivity contribution in [2.24, 2.45) is 0 Å². The molecule has 406 valence electrons. The van der Waals surface area contributed by atoms with Gasteiger partial charge in [0.25, 0.3) is 0 Å². The highest BCUT2D eigenvalue weighted by Gasteiger charge is 2.19. The van der Waals surface area contributed by atoms with Crippen LogP contribution < -0.4 is 0 Å². The van der Waals surface area contributed by atoms with Crippen LogP contribution >= 0.6 is 0 Å². The maximum Gasteiger partial charge on any atom is 0.306 e. The number of hydrogen-bond acceptors (Lipinski definition) is 6. The maximum atomic E-state index is 12.9. The van der Waals surface area contributed by atoms with Gasteiger partial charge in [-0.3, -0.25) is 14.4 Å². The zero-order valence-corrected chi connectivity index (χ0v) is 46.5. The molecule has 0 spiro atoms. The smallest absolute Gasteiger partial charge is 0.306 e. The normalized spacial score (nSPS) is 12.8. The summed E-state index contributed by atoms with van der Waals surface area (Å²) in [6, 6.07) is 0. The molecule has 0 radical (unpaired) electrons. The second-order valence-electron chi connectivity index (χ2n) is 19.7. The van der Waals surface area contributed by atoms with Gasteiger partial charge in [0.05, 0.1) is 0 Å². The van der Waals surface area contributed by atoms with Gasteiger partial charge in [0.2, 0.25) is 0 Å². The van der Waals surface area contributed by atoms with Crippen molar-refractivity contribution in [1.29, 1.82) is 0 Å². The molecule has 1 atom stereocenters. The predicted molar refractivity (Wildman–Crippen MR) is 307 cm³/mol. The molecular formula is C65H110O6. The van der Waals surface area contributed by atoms with E-state index in [1.165, 1.54) is 148 Å². The summed E-state index contributed by atoms with van der Waals surface area (Å²) < 4.78 is 16.9. The molecule has 6 nitrogen and oxygen atoms in total. The molecule has 0 amide bonds. The first-order valence-corrected chi connectivity index (χ1v) is 29.8. The SMILES string of the molecule is CCC\C=C/C=C\C=C/C=C\C=C/CCCCCCCC(=O)OC(COC(=O)CCCCCCC/C=C\CCCCCCCCC)COC(=O)CCCCCCCCCCCC/C=C\C=C/CCCCC. The third kappa shape index (κ3) is 57.1. The number of rotatable bonds is 53. The summed E-state index contributed by atoms with van der Waals surface area (Å²) in [4.78, 5) is 38.2. The summed E-state index contributed by atoms with van der Waals surface area (Å²) in [7, 11) is 0. The van der Waals surface area contributed by atoms with Gasteiger partial charge in [0.1, 0.15) is 13.2 Å². The van der Waals surface area contributed by atoms with Crippen molar-refractivity contribution >= 4 is 17.9 Å². The van der Waals surface area contributed by atoms with Gasteiger partial charge in [-0.2, -0.15) is 0 Å². The monoisotopic (exact) mass is 987 g/mol. The average Bonchev–Trinajstić information content (AvgIpc) is 3.37. The number of hydrogen-bond donors (Lipinski definition) is 0. The van der Waals surface area contributed by atoms with E-state index in [1.807, 2.05) is 24.3 Å². The Bertz CT molecular complexity index is 1410. The molecule has 0 rings (SSSR count). The fourth-order valence-electron chi connectivity index (χ4n) is 8.16. The summed E-state index contributed by atoms with van der Waals surface area (Å²) in [5.41, 5.74) is 0. The minimum Gasteiger partial charge on any atom is -0.462 e. The lowest BCUT2D eigenvalue weighted by Crippen LogP contribution is -2.30. The van der Waals surface area contributed by atoms with E-state index in [0.29, 0.717) is 19.3 Å². The largest absolute Gasteiger partial charge is 0.462 e. The van der Waals surface area contributed by atoms with Crippen molar-refractivity contribution in [3.8, 4) is 0 Å². The van der Waals surface area contributed by atoms with Crippen molar-refractivity contribution in [3.63, 3.8) is 0 Å². The van der Waals surface area contributed by atoms with Crippen molar-refractivity contribution in [2.75, 3.05) is 13.2 Å². The third-order valence-electron chi connectivity index (χ3n) is 12.7. The maximum absolute atomic E-state index is 12.9. The Morgan fingerprint density at radius 3 is 0.930 bits per heavy atom. The Morgan fingerprint density at radius 2 is 0.549 bits per heavy atom. The van der Waals surface area contributed by atoms with Crippen LogP contribution in [0.2, 0.25) is 0 Å². The van der Waals surface area contributed by atoms with E-state index in [9.17, 15) is 14.4 Å². The van der Waals surface area contributed by atoms with Crippen LogP contribution in [0.5, 0.6) is 0 Å². The first-order valence-electron chi connectivity index (χ1n) is 29.8. The molecular weight excluding hydrogens is 877 g/mol. The van der Waals surface area contributed by atoms with Crippen molar-refractivity contribution in [3.05, 3.63) is 97.2 Å². The molecule has 0 heterocycles. The van der Waals surface area contributed by atoms with E-state index in [-0.39, 0.29) is 31.1 Å². The lowest BCUT2D eigenvalue weighted by atomic mass is 10.1. The minimum absolute atomic E-state index is 0.0927. The first kappa shape index (κ1) is 67.3. The van der Waals surface area contributed by atoms with E-state index in [2.05, 4.69) is 93.7 Å². The van der Waals surface area contributed by atoms with Crippen molar-refractivity contribution in [1.82, 2.24) is 0 Å². The Labute approximate surface area is 438 Å². The zero-order valence-electron chi connectivity index (χ0n) is 46.5. The molecule has 0 aliphatic rings. The van der Waals surface area contributed by atoms with Gasteiger partial charge in [-0.1, -0.05) is 266 Å². The van der Waals surface area contributed by atoms with Crippen LogP contribution in [0.4, 0.5) is 0 Å². The van der Waals surface area contributed by atoms with Crippen LogP contribution in [0.1, 0.15) is 278 Å². The summed E-state index contributed by atoms with van der Waals surface area (Å²) in [6.45, 7) is 6.51. The van der Waals surface area contributed by atoms with Gasteiger partial charge in [-0.25, -0.2) is 0 Å². The zero-order chi connectivity index (χ0) is 51.4. The fraction of sp³-hybridized carbons (Fsp3) is 0.708. The molecule has 0 aromatic rings. The van der Waals surface area contributed by atoms with E-state index < -0.39 is 6.10 Å². The third-order valence-corrected chi connectivity index (χ3v) is 12.7. The number of carbonyl (C=O) groups is 3. The number of carbonyl (C=O) groups excluding carboxylic acids is 3. The molecule has 0 aromatic heterocycles. The number of unbranched alkanes of at least 4 members (excludes halogenated alkanes) is 31. The molecule has 0 bridgehead atoms. The molecule has 0 fully saturated rings. The molecule has 6 heteroatoms. The molecule has 71 heavy (non-hydrogen) atoms. The average molecular weight is 988 g/mol. The molecule has 0 aliphatic carbocycles. The quantitative estimate of drug-likeness (QED) is 0.0199. The Kier molecular flexibility index (Phi) is 55.9. The Hall–Kier alpha value is -3.67. The van der Waals surface area contributed by atoms with Gasteiger partial charge in [-0.05, 0) is 89.9 Å². The van der Waals surface area contributed by atoms with E-state index in [0.717, 1.165) is 89.9 Å². The lowest BCUT2D eigenvalue weighted by Gasteiger charge is -2.18. The molecule has 0 aliphatic heterocycles. The Balaban J connectivity index is 4.46. The first-order chi connectivity index (χ1) is 35.0. The van der Waals surface area contributed by atoms with E-state index in [1.54, 1.807) is 0 Å². The van der Waals surface area contributed by atoms with Crippen molar-refractivity contribution in [2.45, 2.75) is 284 Å². The topological polar surface area (TPSA) is 78.9 Å². The predicted octanol–water partition coefficient (Wildman–Crippen LogP) is 20.1. The van der Waals surface area contributed by atoms with Gasteiger partial charge in [-0.15, -0.1) is 0 Å². The van der Waals surface area contributed by atoms with Gasteiger partial charge in [0, 0.05) is 19.3 Å². The molecule has 0 aromatic carbocycles. The van der Waals surface area contributed by atoms with Crippen LogP contribution in [0, 0.1) is 0 Å². The van der Waals surface area contributed by atoms with Crippen LogP contribution in [-0.2, 0) is 28.6 Å². The summed E-state index contributed by atoms with van der Waals surface area (Å²) in [5.74, 6) is -0.924. The highest BCUT2D eigenvalue weighted by molar-refractivity contribution is 5.71. The highest BCUT2D eigenvalue weighted by atomic mass is 16.6. The number of esters is 3. The van der Waals surface area contributed by atoms with E-state index in [4.69, 9.17) is 14.2 Å². The van der Waals surface area contributed by atoms with Crippen LogP contribution in [0.25, 0.3) is 0 Å². The molecule has 0 N–H and O–H groups in total. The minimum atomic E-state index is -0.798. The second-order valence-corrected chi connectivity index (χ2v) is 19.7. The Morgan fingerprint density at radius 1 is 0.282 bits per heavy atom. The molecule has 1 unspecified atom stereocenters. The van der Waals surface area contributed by atoms with Crippen LogP contribution in [0.3, 0.4) is 0 Å². The summed E-state index contributed by atoms with van der Waals surface area (Å²) >= 11 is 0. The van der Waals surface area contributed by atoms with Gasteiger partial charge < -0.3 is 14.2 Å². The van der Waals surface area contributed by atoms with Crippen LogP contribution in [-0.4, -0.2) is 37.2 Å². The van der Waals surface area contributed by atoms with Crippen molar-refractivity contribution < 1.29 is 28.6 Å². The fourth-order valence-corrected chi connectivity index (χ4v) is 8.16. The van der Waals surface area contributed by atoms with E-state index >= 15 is 0 Å². The lowest BCUT2D eigenvalue weighted by molar-refractivity contribution is -0.167. The second kappa shape index (κ2) is 58.9. The number of ether oxygens (including phenoxy) is 3. The summed E-state index contributed by atoms with van der Waals surface area (Å²) in [5, 5.41) is 0.